The Labute approximate surface area is 127 Å². The zero-order valence-electron chi connectivity index (χ0n) is 12.3. The molecule has 1 amide bonds. The van der Waals surface area contributed by atoms with Gasteiger partial charge in [0, 0.05) is 24.7 Å². The van der Waals surface area contributed by atoms with Crippen LogP contribution in [0.5, 0.6) is 0 Å². The normalized spacial score (nSPS) is 21.4. The molecule has 112 valence electrons. The van der Waals surface area contributed by atoms with Gasteiger partial charge in [0.2, 0.25) is 5.91 Å². The molecule has 3 nitrogen and oxygen atoms in total. The lowest BCUT2D eigenvalue weighted by Crippen LogP contribution is -2.35. The molecule has 4 heteroatoms. The maximum Gasteiger partial charge on any atom is 0.227 e. The number of benzene rings is 1. The molecular weight excluding hydrogens is 272 g/mol. The monoisotopic (exact) mass is 296 g/mol. The number of halogens is 1. The second-order valence-electron chi connectivity index (χ2n) is 5.53. The first kappa shape index (κ1) is 17.0. The first-order valence-electron chi connectivity index (χ1n) is 7.24. The van der Waals surface area contributed by atoms with Crippen molar-refractivity contribution in [3.63, 3.8) is 0 Å². The molecule has 0 radical (unpaired) electrons. The van der Waals surface area contributed by atoms with E-state index < -0.39 is 0 Å². The first-order chi connectivity index (χ1) is 9.11. The Morgan fingerprint density at radius 2 is 1.95 bits per heavy atom. The Morgan fingerprint density at radius 1 is 1.30 bits per heavy atom. The molecule has 0 aliphatic heterocycles. The van der Waals surface area contributed by atoms with E-state index in [0.717, 1.165) is 24.9 Å². The number of nitrogens with zero attached hydrogens (tertiary/aromatic N) is 1. The molecule has 0 spiro atoms. The molecular formula is C16H25ClN2O. The molecule has 1 aromatic carbocycles. The van der Waals surface area contributed by atoms with Crippen molar-refractivity contribution in [2.45, 2.75) is 45.6 Å². The number of amides is 1. The quantitative estimate of drug-likeness (QED) is 0.927. The Morgan fingerprint density at radius 3 is 2.45 bits per heavy atom. The van der Waals surface area contributed by atoms with Gasteiger partial charge in [-0.1, -0.05) is 24.1 Å². The summed E-state index contributed by atoms with van der Waals surface area (Å²) in [6.07, 6.45) is 3.91. The highest BCUT2D eigenvalue weighted by atomic mass is 35.5. The summed E-state index contributed by atoms with van der Waals surface area (Å²) < 4.78 is 0. The minimum atomic E-state index is 0. The van der Waals surface area contributed by atoms with Crippen LogP contribution < -0.4 is 10.6 Å². The van der Waals surface area contributed by atoms with E-state index >= 15 is 0 Å². The standard InChI is InChI=1S/C16H24N2O.ClH/c1-3-18(14-9-7-12(2)8-10-14)16(19)11-13-5-4-6-15(13)17;/h7-10,13,15H,3-6,11,17H2,1-2H3;1H/t13-,15+;/m0./s1. The Kier molecular flexibility index (Phi) is 6.50. The average molecular weight is 297 g/mol. The van der Waals surface area contributed by atoms with E-state index in [9.17, 15) is 4.79 Å². The lowest BCUT2D eigenvalue weighted by Gasteiger charge is -2.24. The van der Waals surface area contributed by atoms with Crippen LogP contribution in [0.1, 0.15) is 38.2 Å². The molecule has 1 aliphatic rings. The highest BCUT2D eigenvalue weighted by Crippen LogP contribution is 2.28. The number of anilines is 1. The fourth-order valence-electron chi connectivity index (χ4n) is 2.88. The van der Waals surface area contributed by atoms with Crippen LogP contribution in [0.4, 0.5) is 5.69 Å². The molecule has 2 rings (SSSR count). The van der Waals surface area contributed by atoms with Crippen molar-refractivity contribution in [1.82, 2.24) is 0 Å². The summed E-state index contributed by atoms with van der Waals surface area (Å²) in [5.74, 6) is 0.570. The maximum absolute atomic E-state index is 12.4. The molecule has 1 aromatic rings. The van der Waals surface area contributed by atoms with Crippen LogP contribution in [-0.2, 0) is 4.79 Å². The lowest BCUT2D eigenvalue weighted by atomic mass is 9.99. The van der Waals surface area contributed by atoms with E-state index in [-0.39, 0.29) is 24.4 Å². The third kappa shape index (κ3) is 3.97. The van der Waals surface area contributed by atoms with Crippen LogP contribution in [0, 0.1) is 12.8 Å². The summed E-state index contributed by atoms with van der Waals surface area (Å²) in [5, 5.41) is 0. The van der Waals surface area contributed by atoms with Gasteiger partial charge in [-0.3, -0.25) is 4.79 Å². The molecule has 1 fully saturated rings. The summed E-state index contributed by atoms with van der Waals surface area (Å²) in [7, 11) is 0. The van der Waals surface area contributed by atoms with E-state index in [4.69, 9.17) is 5.73 Å². The summed E-state index contributed by atoms with van der Waals surface area (Å²) >= 11 is 0. The molecule has 2 atom stereocenters. The zero-order chi connectivity index (χ0) is 13.8. The fourth-order valence-corrected chi connectivity index (χ4v) is 2.88. The number of hydrogen-bond donors (Lipinski definition) is 1. The van der Waals surface area contributed by atoms with E-state index in [1.165, 1.54) is 5.56 Å². The van der Waals surface area contributed by atoms with Crippen molar-refractivity contribution < 1.29 is 4.79 Å². The molecule has 0 unspecified atom stereocenters. The number of hydrogen-bond acceptors (Lipinski definition) is 2. The van der Waals surface area contributed by atoms with Gasteiger partial charge in [-0.2, -0.15) is 0 Å². The third-order valence-electron chi connectivity index (χ3n) is 4.12. The smallest absolute Gasteiger partial charge is 0.227 e. The predicted molar refractivity (Wildman–Crippen MR) is 86.4 cm³/mol. The summed E-state index contributed by atoms with van der Waals surface area (Å²) in [6, 6.07) is 8.34. The summed E-state index contributed by atoms with van der Waals surface area (Å²) in [6.45, 7) is 4.79. The predicted octanol–water partition coefficient (Wildman–Crippen LogP) is 3.29. The van der Waals surface area contributed by atoms with Crippen molar-refractivity contribution in [1.29, 1.82) is 0 Å². The van der Waals surface area contributed by atoms with Crippen molar-refractivity contribution in [3.8, 4) is 0 Å². The molecule has 1 aliphatic carbocycles. The molecule has 0 bridgehead atoms. The van der Waals surface area contributed by atoms with Crippen molar-refractivity contribution in [3.05, 3.63) is 29.8 Å². The van der Waals surface area contributed by atoms with Crippen LogP contribution in [-0.4, -0.2) is 18.5 Å². The van der Waals surface area contributed by atoms with Crippen LogP contribution in [0.15, 0.2) is 24.3 Å². The molecule has 1 saturated carbocycles. The summed E-state index contributed by atoms with van der Waals surface area (Å²) in [4.78, 5) is 14.3. The van der Waals surface area contributed by atoms with E-state index in [0.29, 0.717) is 18.9 Å². The van der Waals surface area contributed by atoms with Gasteiger partial charge in [0.05, 0.1) is 0 Å². The largest absolute Gasteiger partial charge is 0.327 e. The van der Waals surface area contributed by atoms with Gasteiger partial charge < -0.3 is 10.6 Å². The molecule has 2 N–H and O–H groups in total. The Balaban J connectivity index is 0.00000200. The highest BCUT2D eigenvalue weighted by molar-refractivity contribution is 5.93. The number of carbonyl (C=O) groups excluding carboxylic acids is 1. The SMILES string of the molecule is CCN(C(=O)C[C@@H]1CCC[C@H]1N)c1ccc(C)cc1.Cl. The zero-order valence-corrected chi connectivity index (χ0v) is 13.2. The van der Waals surface area contributed by atoms with Crippen molar-refractivity contribution in [2.24, 2.45) is 11.7 Å². The van der Waals surface area contributed by atoms with Gasteiger partial charge in [-0.25, -0.2) is 0 Å². The summed E-state index contributed by atoms with van der Waals surface area (Å²) in [5.41, 5.74) is 8.26. The van der Waals surface area contributed by atoms with Gasteiger partial charge in [0.25, 0.3) is 0 Å². The second-order valence-corrected chi connectivity index (χ2v) is 5.53. The van der Waals surface area contributed by atoms with Crippen LogP contribution in [0.25, 0.3) is 0 Å². The van der Waals surface area contributed by atoms with Gasteiger partial charge in [0.1, 0.15) is 0 Å². The lowest BCUT2D eigenvalue weighted by molar-refractivity contribution is -0.119. The molecule has 0 aromatic heterocycles. The minimum Gasteiger partial charge on any atom is -0.327 e. The Hall–Kier alpha value is -1.06. The molecule has 0 heterocycles. The van der Waals surface area contributed by atoms with Crippen LogP contribution >= 0.6 is 12.4 Å². The van der Waals surface area contributed by atoms with E-state index in [1.807, 2.05) is 36.1 Å². The van der Waals surface area contributed by atoms with Crippen molar-refractivity contribution in [2.75, 3.05) is 11.4 Å². The maximum atomic E-state index is 12.4. The van der Waals surface area contributed by atoms with E-state index in [2.05, 4.69) is 6.92 Å². The van der Waals surface area contributed by atoms with Gasteiger partial charge in [-0.15, -0.1) is 12.4 Å². The topological polar surface area (TPSA) is 46.3 Å². The highest BCUT2D eigenvalue weighted by Gasteiger charge is 2.27. The van der Waals surface area contributed by atoms with Gasteiger partial charge in [-0.05, 0) is 44.7 Å². The first-order valence-corrected chi connectivity index (χ1v) is 7.24. The van der Waals surface area contributed by atoms with Crippen LogP contribution in [0.3, 0.4) is 0 Å². The third-order valence-corrected chi connectivity index (χ3v) is 4.12. The van der Waals surface area contributed by atoms with Gasteiger partial charge in [0.15, 0.2) is 0 Å². The molecule has 0 saturated heterocycles. The van der Waals surface area contributed by atoms with Crippen molar-refractivity contribution >= 4 is 24.0 Å². The Bertz CT molecular complexity index is 433. The number of nitrogens with two attached hydrogens (primary N) is 1. The minimum absolute atomic E-state index is 0. The number of carbonyl (C=O) groups is 1. The van der Waals surface area contributed by atoms with E-state index in [1.54, 1.807) is 0 Å². The second kappa shape index (κ2) is 7.65. The van der Waals surface area contributed by atoms with Crippen LogP contribution in [0.2, 0.25) is 0 Å². The number of aryl methyl sites for hydroxylation is 1. The molecule has 20 heavy (non-hydrogen) atoms. The average Bonchev–Trinajstić information content (AvgIpc) is 2.78. The number of rotatable bonds is 4. The van der Waals surface area contributed by atoms with Gasteiger partial charge >= 0.3 is 0 Å². The fraction of sp³-hybridized carbons (Fsp3) is 0.562.